The van der Waals surface area contributed by atoms with Gasteiger partial charge in [-0.05, 0) is 19.4 Å². The molecular weight excluding hydrogens is 240 g/mol. The summed E-state index contributed by atoms with van der Waals surface area (Å²) in [5, 5.41) is 0.133. The number of aromatic nitrogens is 2. The molecule has 0 atom stereocenters. The number of aromatic amines is 1. The number of nitrogens with one attached hydrogen (secondary N) is 2. The maximum Gasteiger partial charge on any atom is 0.257 e. The van der Waals surface area contributed by atoms with E-state index in [0.717, 1.165) is 19.3 Å². The number of hydrogen-bond donors (Lipinski definition) is 3. The van der Waals surface area contributed by atoms with E-state index in [2.05, 4.69) is 14.7 Å². The average Bonchev–Trinajstić information content (AvgIpc) is 2.78. The molecule has 0 radical (unpaired) electrons. The third-order valence-electron chi connectivity index (χ3n) is 2.40. The van der Waals surface area contributed by atoms with E-state index >= 15 is 0 Å². The molecule has 0 aliphatic carbocycles. The Kier molecular flexibility index (Phi) is 5.60. The number of unbranched alkanes of at least 4 members (excludes halogenated alkanes) is 2. The van der Waals surface area contributed by atoms with Crippen LogP contribution in [0.4, 0.5) is 0 Å². The van der Waals surface area contributed by atoms with Crippen molar-refractivity contribution in [1.82, 2.24) is 14.7 Å². The average molecular weight is 260 g/mol. The summed E-state index contributed by atoms with van der Waals surface area (Å²) in [6, 6.07) is 0. The summed E-state index contributed by atoms with van der Waals surface area (Å²) >= 11 is 0. The van der Waals surface area contributed by atoms with E-state index in [0.29, 0.717) is 25.3 Å². The van der Waals surface area contributed by atoms with Gasteiger partial charge in [0.2, 0.25) is 0 Å². The third-order valence-corrected chi connectivity index (χ3v) is 3.77. The second kappa shape index (κ2) is 6.73. The van der Waals surface area contributed by atoms with Crippen molar-refractivity contribution >= 4 is 10.0 Å². The van der Waals surface area contributed by atoms with Gasteiger partial charge in [0.05, 0.1) is 6.20 Å². The van der Waals surface area contributed by atoms with Crippen LogP contribution in [0.2, 0.25) is 0 Å². The molecule has 0 bridgehead atoms. The van der Waals surface area contributed by atoms with Crippen molar-refractivity contribution in [2.45, 2.75) is 37.6 Å². The normalized spacial score (nSPS) is 11.9. The summed E-state index contributed by atoms with van der Waals surface area (Å²) < 4.78 is 26.1. The molecular formula is C10H20N4O2S. The number of nitrogens with zero attached hydrogens (tertiary/aromatic N) is 1. The van der Waals surface area contributed by atoms with Crippen LogP contribution in [0, 0.1) is 0 Å². The standard InChI is InChI=1S/C10H20N4O2S/c1-2-9-12-8-10(14-9)17(15,16)13-7-5-3-4-6-11/h8,13H,2-7,11H2,1H3,(H,12,14). The second-order valence-corrected chi connectivity index (χ2v) is 5.53. The van der Waals surface area contributed by atoms with Crippen LogP contribution in [0.15, 0.2) is 11.2 Å². The van der Waals surface area contributed by atoms with E-state index in [1.54, 1.807) is 0 Å². The van der Waals surface area contributed by atoms with Crippen LogP contribution in [0.3, 0.4) is 0 Å². The number of hydrogen-bond acceptors (Lipinski definition) is 4. The summed E-state index contributed by atoms with van der Waals surface area (Å²) in [6.07, 6.45) is 4.69. The molecule has 0 aliphatic rings. The van der Waals surface area contributed by atoms with Crippen LogP contribution in [0.1, 0.15) is 32.0 Å². The molecule has 0 aromatic carbocycles. The molecule has 0 aliphatic heterocycles. The highest BCUT2D eigenvalue weighted by Gasteiger charge is 2.15. The number of rotatable bonds is 8. The largest absolute Gasteiger partial charge is 0.332 e. The van der Waals surface area contributed by atoms with Gasteiger partial charge in [0.25, 0.3) is 10.0 Å². The van der Waals surface area contributed by atoms with Crippen molar-refractivity contribution in [1.29, 1.82) is 0 Å². The summed E-state index contributed by atoms with van der Waals surface area (Å²) in [4.78, 5) is 6.74. The zero-order valence-corrected chi connectivity index (χ0v) is 10.9. The van der Waals surface area contributed by atoms with Crippen LogP contribution in [-0.2, 0) is 16.4 Å². The Hall–Kier alpha value is -0.920. The van der Waals surface area contributed by atoms with Gasteiger partial charge in [-0.3, -0.25) is 0 Å². The van der Waals surface area contributed by atoms with Crippen molar-refractivity contribution in [3.63, 3.8) is 0 Å². The molecule has 17 heavy (non-hydrogen) atoms. The number of imidazole rings is 1. The third kappa shape index (κ3) is 4.45. The van der Waals surface area contributed by atoms with E-state index in [9.17, 15) is 8.42 Å². The first-order chi connectivity index (χ1) is 8.10. The minimum absolute atomic E-state index is 0.133. The lowest BCUT2D eigenvalue weighted by Crippen LogP contribution is -2.25. The Bertz CT molecular complexity index is 427. The van der Waals surface area contributed by atoms with Crippen molar-refractivity contribution in [3.8, 4) is 0 Å². The lowest BCUT2D eigenvalue weighted by molar-refractivity contribution is 0.571. The fourth-order valence-electron chi connectivity index (χ4n) is 1.39. The molecule has 98 valence electrons. The second-order valence-electron chi connectivity index (χ2n) is 3.79. The molecule has 0 fully saturated rings. The smallest absolute Gasteiger partial charge is 0.257 e. The van der Waals surface area contributed by atoms with Crippen LogP contribution in [0.25, 0.3) is 0 Å². The molecule has 7 heteroatoms. The zero-order chi connectivity index (χ0) is 12.7. The highest BCUT2D eigenvalue weighted by Crippen LogP contribution is 2.06. The summed E-state index contributed by atoms with van der Waals surface area (Å²) in [5.74, 6) is 0.675. The van der Waals surface area contributed by atoms with Gasteiger partial charge in [-0.25, -0.2) is 18.1 Å². The maximum atomic E-state index is 11.8. The van der Waals surface area contributed by atoms with E-state index in [1.165, 1.54) is 6.20 Å². The Balaban J connectivity index is 2.45. The van der Waals surface area contributed by atoms with Crippen molar-refractivity contribution in [3.05, 3.63) is 12.0 Å². The first-order valence-corrected chi connectivity index (χ1v) is 7.32. The highest BCUT2D eigenvalue weighted by atomic mass is 32.2. The van der Waals surface area contributed by atoms with Crippen molar-refractivity contribution in [2.24, 2.45) is 5.73 Å². The fraction of sp³-hybridized carbons (Fsp3) is 0.700. The molecule has 6 nitrogen and oxygen atoms in total. The molecule has 0 spiro atoms. The molecule has 1 rings (SSSR count). The molecule has 4 N–H and O–H groups in total. The van der Waals surface area contributed by atoms with Crippen LogP contribution >= 0.6 is 0 Å². The van der Waals surface area contributed by atoms with E-state index < -0.39 is 10.0 Å². The van der Waals surface area contributed by atoms with Crippen LogP contribution < -0.4 is 10.5 Å². The zero-order valence-electron chi connectivity index (χ0n) is 10.1. The van der Waals surface area contributed by atoms with Gasteiger partial charge >= 0.3 is 0 Å². The lowest BCUT2D eigenvalue weighted by atomic mass is 10.2. The van der Waals surface area contributed by atoms with Gasteiger partial charge in [0.15, 0.2) is 5.03 Å². The Morgan fingerprint density at radius 2 is 2.18 bits per heavy atom. The first-order valence-electron chi connectivity index (χ1n) is 5.83. The van der Waals surface area contributed by atoms with Gasteiger partial charge in [0, 0.05) is 13.0 Å². The molecule has 1 aromatic heterocycles. The topological polar surface area (TPSA) is 101 Å². The molecule has 0 saturated carbocycles. The van der Waals surface area contributed by atoms with Crippen molar-refractivity contribution < 1.29 is 8.42 Å². The minimum atomic E-state index is -3.44. The first kappa shape index (κ1) is 14.1. The van der Waals surface area contributed by atoms with Gasteiger partial charge < -0.3 is 10.7 Å². The minimum Gasteiger partial charge on any atom is -0.332 e. The van der Waals surface area contributed by atoms with E-state index in [-0.39, 0.29) is 5.03 Å². The van der Waals surface area contributed by atoms with Crippen molar-refractivity contribution in [2.75, 3.05) is 13.1 Å². The summed E-state index contributed by atoms with van der Waals surface area (Å²) in [7, 11) is -3.44. The molecule has 0 unspecified atom stereocenters. The molecule has 1 heterocycles. The number of H-pyrrole nitrogens is 1. The molecule has 0 saturated heterocycles. The Morgan fingerprint density at radius 3 is 2.76 bits per heavy atom. The predicted molar refractivity (Wildman–Crippen MR) is 66.1 cm³/mol. The van der Waals surface area contributed by atoms with Gasteiger partial charge in [0.1, 0.15) is 5.82 Å². The lowest BCUT2D eigenvalue weighted by Gasteiger charge is -2.04. The Morgan fingerprint density at radius 1 is 1.41 bits per heavy atom. The maximum absolute atomic E-state index is 11.8. The quantitative estimate of drug-likeness (QED) is 0.588. The number of aryl methyl sites for hydroxylation is 1. The predicted octanol–water partition coefficient (Wildman–Crippen LogP) is 0.379. The van der Waals surface area contributed by atoms with Gasteiger partial charge in [-0.2, -0.15) is 0 Å². The van der Waals surface area contributed by atoms with Gasteiger partial charge in [-0.15, -0.1) is 0 Å². The summed E-state index contributed by atoms with van der Waals surface area (Å²) in [5.41, 5.74) is 5.35. The highest BCUT2D eigenvalue weighted by molar-refractivity contribution is 7.89. The molecule has 1 aromatic rings. The van der Waals surface area contributed by atoms with E-state index in [4.69, 9.17) is 5.73 Å². The molecule has 0 amide bonds. The monoisotopic (exact) mass is 260 g/mol. The number of nitrogens with two attached hydrogens (primary N) is 1. The van der Waals surface area contributed by atoms with E-state index in [1.807, 2.05) is 6.92 Å². The summed E-state index contributed by atoms with van der Waals surface area (Å²) in [6.45, 7) is 2.99. The van der Waals surface area contributed by atoms with Crippen LogP contribution in [-0.4, -0.2) is 31.5 Å². The van der Waals surface area contributed by atoms with Crippen LogP contribution in [0.5, 0.6) is 0 Å². The van der Waals surface area contributed by atoms with Gasteiger partial charge in [-0.1, -0.05) is 13.3 Å². The number of sulfonamides is 1. The SMILES string of the molecule is CCc1ncc(S(=O)(=O)NCCCCCN)[nH]1. The Labute approximate surface area is 102 Å². The fourth-order valence-corrected chi connectivity index (χ4v) is 2.40.